The maximum Gasteiger partial charge on any atom is 0.401 e. The van der Waals surface area contributed by atoms with E-state index in [1.54, 1.807) is 6.92 Å². The van der Waals surface area contributed by atoms with Crippen molar-refractivity contribution in [2.24, 2.45) is 5.92 Å². The van der Waals surface area contributed by atoms with Crippen LogP contribution in [0.5, 0.6) is 0 Å². The molecule has 0 aromatic carbocycles. The molecule has 8 heteroatoms. The second-order valence-electron chi connectivity index (χ2n) is 4.97. The largest absolute Gasteiger partial charge is 0.401 e. The Morgan fingerprint density at radius 3 is 2.95 bits per heavy atom. The fourth-order valence-corrected chi connectivity index (χ4v) is 3.09. The smallest absolute Gasteiger partial charge is 0.374 e. The van der Waals surface area contributed by atoms with Crippen molar-refractivity contribution in [1.82, 2.24) is 9.27 Å². The van der Waals surface area contributed by atoms with Gasteiger partial charge in [0.25, 0.3) is 0 Å². The maximum atomic E-state index is 12.3. The van der Waals surface area contributed by atoms with E-state index >= 15 is 0 Å². The molecule has 0 amide bonds. The molecule has 1 saturated heterocycles. The van der Waals surface area contributed by atoms with E-state index in [0.717, 1.165) is 6.42 Å². The average molecular weight is 304 g/mol. The fraction of sp³-hybridized carbons (Fsp3) is 0.667. The summed E-state index contributed by atoms with van der Waals surface area (Å²) in [5.74, 6) is 0.172. The van der Waals surface area contributed by atoms with Gasteiger partial charge in [-0.15, -0.1) is 0 Å². The molecule has 1 aliphatic rings. The first-order valence-corrected chi connectivity index (χ1v) is 7.05. The molecule has 0 unspecified atom stereocenters. The zero-order valence-corrected chi connectivity index (χ0v) is 11.8. The Morgan fingerprint density at radius 1 is 1.55 bits per heavy atom. The summed E-state index contributed by atoms with van der Waals surface area (Å²) in [6.45, 7) is 2.41. The van der Waals surface area contributed by atoms with Gasteiger partial charge in [0.05, 0.1) is 12.2 Å². The minimum atomic E-state index is -4.13. The molecule has 1 fully saturated rings. The van der Waals surface area contributed by atoms with Gasteiger partial charge in [-0.05, 0) is 37.3 Å². The molecule has 1 aromatic rings. The van der Waals surface area contributed by atoms with Gasteiger partial charge in [-0.2, -0.15) is 22.8 Å². The van der Waals surface area contributed by atoms with Crippen molar-refractivity contribution >= 4 is 16.5 Å². The van der Waals surface area contributed by atoms with Crippen LogP contribution in [0.2, 0.25) is 0 Å². The second-order valence-corrected chi connectivity index (χ2v) is 5.74. The number of aryl methyl sites for hydroxylation is 1. The lowest BCUT2D eigenvalue weighted by Gasteiger charge is -2.18. The molecule has 20 heavy (non-hydrogen) atoms. The molecule has 0 saturated carbocycles. The predicted octanol–water partition coefficient (Wildman–Crippen LogP) is 2.62. The number of nitrogens with zero attached hydrogens (tertiary/aromatic N) is 3. The first-order valence-electron chi connectivity index (χ1n) is 6.28. The summed E-state index contributed by atoms with van der Waals surface area (Å²) < 4.78 is 41.0. The lowest BCUT2D eigenvalue weighted by atomic mass is 10.1. The Bertz CT molecular complexity index is 506. The third-order valence-corrected chi connectivity index (χ3v) is 4.19. The summed E-state index contributed by atoms with van der Waals surface area (Å²) in [6.07, 6.45) is -3.40. The maximum absolute atomic E-state index is 12.3. The van der Waals surface area contributed by atoms with Crippen LogP contribution in [0.4, 0.5) is 18.2 Å². The van der Waals surface area contributed by atoms with Crippen molar-refractivity contribution < 1.29 is 13.2 Å². The van der Waals surface area contributed by atoms with Gasteiger partial charge in [0.15, 0.2) is 0 Å². The van der Waals surface area contributed by atoms with Crippen LogP contribution in [-0.4, -0.2) is 41.6 Å². The minimum Gasteiger partial charge on any atom is -0.374 e. The summed E-state index contributed by atoms with van der Waals surface area (Å²) in [6, 6.07) is 2.09. The normalized spacial score (nSPS) is 20.1. The summed E-state index contributed by atoms with van der Waals surface area (Å²) in [5, 5.41) is 12.8. The molecular formula is C12H15F3N4S. The molecule has 2 rings (SSSR count). The minimum absolute atomic E-state index is 0.172. The van der Waals surface area contributed by atoms with Crippen LogP contribution in [0.3, 0.4) is 0 Å². The van der Waals surface area contributed by atoms with E-state index in [9.17, 15) is 13.2 Å². The quantitative estimate of drug-likeness (QED) is 0.929. The topological polar surface area (TPSA) is 52.0 Å². The van der Waals surface area contributed by atoms with Crippen molar-refractivity contribution in [2.75, 3.05) is 31.5 Å². The van der Waals surface area contributed by atoms with E-state index < -0.39 is 12.7 Å². The Kier molecular flexibility index (Phi) is 4.50. The standard InChI is InChI=1S/C12H15F3N4S/c1-8-10(4-16)11(20-18-8)17-5-9-2-3-19(6-9)7-12(13,14)15/h9,17H,2-3,5-7H2,1H3/t9-/m0/s1. The molecule has 0 aliphatic carbocycles. The third kappa shape index (κ3) is 3.84. The second kappa shape index (κ2) is 5.97. The molecule has 1 aromatic heterocycles. The molecule has 1 atom stereocenters. The molecule has 0 bridgehead atoms. The van der Waals surface area contributed by atoms with Crippen molar-refractivity contribution in [3.05, 3.63) is 11.3 Å². The summed E-state index contributed by atoms with van der Waals surface area (Å²) >= 11 is 1.22. The Labute approximate surface area is 119 Å². The number of nitriles is 1. The van der Waals surface area contributed by atoms with E-state index in [1.165, 1.54) is 16.4 Å². The highest BCUT2D eigenvalue weighted by molar-refractivity contribution is 7.10. The molecule has 0 radical (unpaired) electrons. The number of likely N-dealkylation sites (tertiary alicyclic amines) is 1. The lowest BCUT2D eigenvalue weighted by molar-refractivity contribution is -0.143. The number of hydrogen-bond acceptors (Lipinski definition) is 5. The molecule has 0 spiro atoms. The lowest BCUT2D eigenvalue weighted by Crippen LogP contribution is -2.33. The predicted molar refractivity (Wildman–Crippen MR) is 70.7 cm³/mol. The number of nitrogens with one attached hydrogen (secondary N) is 1. The Hall–Kier alpha value is -1.33. The summed E-state index contributed by atoms with van der Waals surface area (Å²) in [5.41, 5.74) is 1.21. The van der Waals surface area contributed by atoms with Gasteiger partial charge < -0.3 is 5.32 Å². The highest BCUT2D eigenvalue weighted by atomic mass is 32.1. The molecular weight excluding hydrogens is 289 g/mol. The van der Waals surface area contributed by atoms with Gasteiger partial charge in [-0.25, -0.2) is 0 Å². The van der Waals surface area contributed by atoms with Crippen LogP contribution in [0, 0.1) is 24.2 Å². The molecule has 1 N–H and O–H groups in total. The van der Waals surface area contributed by atoms with E-state index in [-0.39, 0.29) is 5.92 Å². The van der Waals surface area contributed by atoms with Crippen LogP contribution in [0.25, 0.3) is 0 Å². The molecule has 4 nitrogen and oxygen atoms in total. The number of halogens is 3. The van der Waals surface area contributed by atoms with Crippen molar-refractivity contribution in [2.45, 2.75) is 19.5 Å². The number of rotatable bonds is 4. The van der Waals surface area contributed by atoms with E-state index in [0.29, 0.717) is 35.9 Å². The first kappa shape index (κ1) is 15.1. The highest BCUT2D eigenvalue weighted by Gasteiger charge is 2.34. The third-order valence-electron chi connectivity index (χ3n) is 3.30. The highest BCUT2D eigenvalue weighted by Crippen LogP contribution is 2.26. The molecule has 2 heterocycles. The summed E-state index contributed by atoms with van der Waals surface area (Å²) in [7, 11) is 0. The number of aromatic nitrogens is 1. The molecule has 1 aliphatic heterocycles. The van der Waals surface area contributed by atoms with Gasteiger partial charge in [-0.1, -0.05) is 0 Å². The Morgan fingerprint density at radius 2 is 2.30 bits per heavy atom. The van der Waals surface area contributed by atoms with Crippen molar-refractivity contribution in [3.63, 3.8) is 0 Å². The fourth-order valence-electron chi connectivity index (χ4n) is 2.34. The first-order chi connectivity index (χ1) is 9.39. The number of alkyl halides is 3. The SMILES string of the molecule is Cc1nsc(NC[C@@H]2CCN(CC(F)(F)F)C2)c1C#N. The van der Waals surface area contributed by atoms with Crippen LogP contribution < -0.4 is 5.32 Å². The van der Waals surface area contributed by atoms with Gasteiger partial charge in [0.1, 0.15) is 16.6 Å². The number of hydrogen-bond donors (Lipinski definition) is 1. The van der Waals surface area contributed by atoms with E-state index in [1.807, 2.05) is 0 Å². The summed E-state index contributed by atoms with van der Waals surface area (Å²) in [4.78, 5) is 1.43. The van der Waals surface area contributed by atoms with Crippen molar-refractivity contribution in [3.8, 4) is 6.07 Å². The monoisotopic (exact) mass is 304 g/mol. The van der Waals surface area contributed by atoms with Crippen LogP contribution in [0.1, 0.15) is 17.7 Å². The van der Waals surface area contributed by atoms with E-state index in [4.69, 9.17) is 5.26 Å². The van der Waals surface area contributed by atoms with Crippen LogP contribution >= 0.6 is 11.5 Å². The van der Waals surface area contributed by atoms with Gasteiger partial charge in [-0.3, -0.25) is 4.90 Å². The number of anilines is 1. The zero-order valence-electron chi connectivity index (χ0n) is 11.0. The molecule has 110 valence electrons. The van der Waals surface area contributed by atoms with E-state index in [2.05, 4.69) is 15.8 Å². The van der Waals surface area contributed by atoms with Gasteiger partial charge in [0.2, 0.25) is 0 Å². The van der Waals surface area contributed by atoms with Gasteiger partial charge in [0, 0.05) is 13.1 Å². The van der Waals surface area contributed by atoms with Crippen molar-refractivity contribution in [1.29, 1.82) is 5.26 Å². The average Bonchev–Trinajstić information content (AvgIpc) is 2.91. The van der Waals surface area contributed by atoms with Crippen LogP contribution in [0.15, 0.2) is 0 Å². The van der Waals surface area contributed by atoms with Crippen LogP contribution in [-0.2, 0) is 0 Å². The van der Waals surface area contributed by atoms with Gasteiger partial charge >= 0.3 is 6.18 Å². The Balaban J connectivity index is 1.83. The zero-order chi connectivity index (χ0) is 14.8.